The topological polar surface area (TPSA) is 46.1 Å². The van der Waals surface area contributed by atoms with Crippen LogP contribution in [-0.2, 0) is 0 Å². The largest absolute Gasteiger partial charge is 0.496 e. The van der Waals surface area contributed by atoms with Gasteiger partial charge in [-0.05, 0) is 52.3 Å². The molecular weight excluding hydrogens is 375 g/mol. The van der Waals surface area contributed by atoms with E-state index in [0.717, 1.165) is 26.2 Å². The van der Waals surface area contributed by atoms with Crippen molar-refractivity contribution in [1.29, 1.82) is 0 Å². The van der Waals surface area contributed by atoms with Crippen molar-refractivity contribution in [2.75, 3.05) is 38.2 Å². The van der Waals surface area contributed by atoms with Gasteiger partial charge in [-0.1, -0.05) is 0 Å². The van der Waals surface area contributed by atoms with Crippen LogP contribution in [0.4, 0.5) is 10.1 Å². The Morgan fingerprint density at radius 2 is 1.83 bits per heavy atom. The van der Waals surface area contributed by atoms with Crippen molar-refractivity contribution in [2.45, 2.75) is 0 Å². The van der Waals surface area contributed by atoms with Gasteiger partial charge in [-0.2, -0.15) is 0 Å². The van der Waals surface area contributed by atoms with Crippen molar-refractivity contribution in [3.05, 3.63) is 57.8 Å². The zero-order valence-electron chi connectivity index (χ0n) is 13.4. The van der Waals surface area contributed by atoms with Gasteiger partial charge in [0.1, 0.15) is 11.6 Å². The van der Waals surface area contributed by atoms with Gasteiger partial charge >= 0.3 is 0 Å². The van der Waals surface area contributed by atoms with Crippen LogP contribution in [-0.4, -0.2) is 39.1 Å². The van der Waals surface area contributed by atoms with Crippen LogP contribution in [0.3, 0.4) is 0 Å². The molecule has 24 heavy (non-hydrogen) atoms. The molecule has 3 rings (SSSR count). The van der Waals surface area contributed by atoms with Crippen molar-refractivity contribution in [3.63, 3.8) is 0 Å². The molecule has 1 aliphatic rings. The molecule has 0 amide bonds. The first kappa shape index (κ1) is 16.9. The lowest BCUT2D eigenvalue weighted by atomic mass is 10.0. The predicted molar refractivity (Wildman–Crippen MR) is 94.4 cm³/mol. The molecule has 0 atom stereocenters. The van der Waals surface area contributed by atoms with E-state index in [1.165, 1.54) is 6.07 Å². The number of hydrogen-bond donors (Lipinski definition) is 1. The zero-order chi connectivity index (χ0) is 17.1. The molecule has 0 bridgehead atoms. The van der Waals surface area contributed by atoms with Gasteiger partial charge in [0, 0.05) is 11.1 Å². The van der Waals surface area contributed by atoms with Gasteiger partial charge < -0.3 is 15.0 Å². The first-order chi connectivity index (χ1) is 11.6. The van der Waals surface area contributed by atoms with E-state index < -0.39 is 0 Å². The lowest BCUT2D eigenvalue weighted by Gasteiger charge is -2.27. The molecule has 2 N–H and O–H groups in total. The third kappa shape index (κ3) is 3.44. The monoisotopic (exact) mass is 393 g/mol. The van der Waals surface area contributed by atoms with E-state index in [2.05, 4.69) is 21.2 Å². The Bertz CT molecular complexity index is 761. The summed E-state index contributed by atoms with van der Waals surface area (Å²) in [5.41, 5.74) is 1.40. The first-order valence-corrected chi connectivity index (χ1v) is 8.64. The van der Waals surface area contributed by atoms with Crippen LogP contribution in [0.15, 0.2) is 40.9 Å². The Kier molecular flexibility index (Phi) is 5.16. The molecule has 126 valence electrons. The lowest BCUT2D eigenvalue weighted by molar-refractivity contribution is -0.655. The van der Waals surface area contributed by atoms with Crippen LogP contribution >= 0.6 is 15.9 Å². The molecule has 1 heterocycles. The number of carbonyl (C=O) groups is 1. The molecule has 0 spiro atoms. The highest BCUT2D eigenvalue weighted by atomic mass is 79.9. The second kappa shape index (κ2) is 7.32. The number of quaternary nitrogens is 1. The van der Waals surface area contributed by atoms with Crippen LogP contribution in [0.1, 0.15) is 15.9 Å². The average Bonchev–Trinajstić information content (AvgIpc) is 2.61. The molecule has 0 unspecified atom stereocenters. The van der Waals surface area contributed by atoms with Crippen molar-refractivity contribution >= 4 is 27.4 Å². The number of benzene rings is 2. The molecule has 4 nitrogen and oxygen atoms in total. The second-order valence-electron chi connectivity index (χ2n) is 5.70. The highest BCUT2D eigenvalue weighted by Crippen LogP contribution is 2.27. The van der Waals surface area contributed by atoms with Gasteiger partial charge in [0.2, 0.25) is 0 Å². The third-order valence-electron chi connectivity index (χ3n) is 4.17. The van der Waals surface area contributed by atoms with E-state index in [1.807, 2.05) is 4.90 Å². The summed E-state index contributed by atoms with van der Waals surface area (Å²) >= 11 is 3.37. The van der Waals surface area contributed by atoms with Gasteiger partial charge in [-0.15, -0.1) is 0 Å². The number of anilines is 1. The molecule has 6 heteroatoms. The van der Waals surface area contributed by atoms with E-state index >= 15 is 0 Å². The quantitative estimate of drug-likeness (QED) is 0.810. The first-order valence-electron chi connectivity index (χ1n) is 7.84. The van der Waals surface area contributed by atoms with Gasteiger partial charge in [0.25, 0.3) is 0 Å². The smallest absolute Gasteiger partial charge is 0.193 e. The van der Waals surface area contributed by atoms with E-state index in [1.54, 1.807) is 37.4 Å². The molecule has 0 aliphatic carbocycles. The van der Waals surface area contributed by atoms with E-state index in [0.29, 0.717) is 27.0 Å². The molecule has 0 radical (unpaired) electrons. The predicted octanol–water partition coefficient (Wildman–Crippen LogP) is 2.21. The van der Waals surface area contributed by atoms with E-state index in [9.17, 15) is 9.18 Å². The van der Waals surface area contributed by atoms with Gasteiger partial charge in [0.15, 0.2) is 5.78 Å². The Hall–Kier alpha value is -1.92. The maximum absolute atomic E-state index is 14.5. The fraction of sp³-hybridized carbons (Fsp3) is 0.278. The standard InChI is InChI=1S/C18H18BrFN2O2/c1-24-17-5-3-12(10-14(17)19)18(23)13-2-4-16(15(20)11-13)22-8-6-21-7-9-22/h2-5,10-11,21H,6-9H2,1H3/p+1. The summed E-state index contributed by atoms with van der Waals surface area (Å²) in [5, 5.41) is 2.22. The van der Waals surface area contributed by atoms with Crippen LogP contribution in [0.25, 0.3) is 0 Å². The Balaban J connectivity index is 1.85. The minimum Gasteiger partial charge on any atom is -0.496 e. The molecule has 1 fully saturated rings. The Labute approximate surface area is 148 Å². The number of rotatable bonds is 4. The van der Waals surface area contributed by atoms with Crippen molar-refractivity contribution in [3.8, 4) is 5.75 Å². The Morgan fingerprint density at radius 3 is 2.46 bits per heavy atom. The number of nitrogens with two attached hydrogens (primary N) is 1. The number of piperazine rings is 1. The Morgan fingerprint density at radius 1 is 1.17 bits per heavy atom. The van der Waals surface area contributed by atoms with Crippen molar-refractivity contribution < 1.29 is 19.2 Å². The van der Waals surface area contributed by atoms with Gasteiger partial charge in [-0.3, -0.25) is 4.79 Å². The van der Waals surface area contributed by atoms with Crippen LogP contribution in [0.5, 0.6) is 5.75 Å². The molecule has 1 saturated heterocycles. The minimum atomic E-state index is -0.352. The third-order valence-corrected chi connectivity index (χ3v) is 4.79. The number of carbonyl (C=O) groups excluding carboxylic acids is 1. The molecular formula is C18H19BrFN2O2+. The number of hydrogen-bond acceptors (Lipinski definition) is 3. The molecule has 2 aromatic carbocycles. The summed E-state index contributed by atoms with van der Waals surface area (Å²) in [6.07, 6.45) is 0. The summed E-state index contributed by atoms with van der Waals surface area (Å²) in [4.78, 5) is 14.6. The van der Waals surface area contributed by atoms with Gasteiger partial charge in [0.05, 0.1) is 43.4 Å². The highest BCUT2D eigenvalue weighted by Gasteiger charge is 2.19. The maximum Gasteiger partial charge on any atom is 0.193 e. The van der Waals surface area contributed by atoms with Crippen molar-refractivity contribution in [1.82, 2.24) is 0 Å². The van der Waals surface area contributed by atoms with Crippen LogP contribution in [0, 0.1) is 5.82 Å². The SMILES string of the molecule is COc1ccc(C(=O)c2ccc(N3CC[NH2+]CC3)c(F)c2)cc1Br. The number of methoxy groups -OCH3 is 1. The lowest BCUT2D eigenvalue weighted by Crippen LogP contribution is -2.89. The van der Waals surface area contributed by atoms with Crippen molar-refractivity contribution in [2.24, 2.45) is 0 Å². The molecule has 2 aromatic rings. The molecule has 0 aromatic heterocycles. The average molecular weight is 394 g/mol. The molecule has 1 aliphatic heterocycles. The van der Waals surface area contributed by atoms with Crippen LogP contribution in [0.2, 0.25) is 0 Å². The fourth-order valence-electron chi connectivity index (χ4n) is 2.87. The number of ether oxygens (including phenoxy) is 1. The van der Waals surface area contributed by atoms with E-state index in [4.69, 9.17) is 4.74 Å². The number of ketones is 1. The summed E-state index contributed by atoms with van der Waals surface area (Å²) in [6, 6.07) is 9.80. The molecule has 0 saturated carbocycles. The summed E-state index contributed by atoms with van der Waals surface area (Å²) < 4.78 is 20.3. The van der Waals surface area contributed by atoms with Gasteiger partial charge in [-0.25, -0.2) is 4.39 Å². The zero-order valence-corrected chi connectivity index (χ0v) is 15.0. The fourth-order valence-corrected chi connectivity index (χ4v) is 3.41. The van der Waals surface area contributed by atoms with E-state index in [-0.39, 0.29) is 11.6 Å². The van der Waals surface area contributed by atoms with Crippen LogP contribution < -0.4 is 15.0 Å². The summed E-state index contributed by atoms with van der Waals surface area (Å²) in [5.74, 6) is 0.0843. The normalized spacial score (nSPS) is 14.5. The second-order valence-corrected chi connectivity index (χ2v) is 6.55. The summed E-state index contributed by atoms with van der Waals surface area (Å²) in [6.45, 7) is 3.55. The number of nitrogens with zero attached hydrogens (tertiary/aromatic N) is 1. The maximum atomic E-state index is 14.5. The minimum absolute atomic E-state index is 0.212. The number of halogens is 2. The highest BCUT2D eigenvalue weighted by molar-refractivity contribution is 9.10. The summed E-state index contributed by atoms with van der Waals surface area (Å²) in [7, 11) is 1.56.